The SMILES string of the molecule is COc1cccc(C(=O)NCCN(C(C)=O)c2ccc(C(C)C)cc2)c1. The van der Waals surface area contributed by atoms with E-state index in [1.165, 1.54) is 12.5 Å². The Labute approximate surface area is 155 Å². The second kappa shape index (κ2) is 9.04. The maximum atomic E-state index is 12.3. The van der Waals surface area contributed by atoms with Gasteiger partial charge in [0.2, 0.25) is 5.91 Å². The average Bonchev–Trinajstić information content (AvgIpc) is 2.65. The first kappa shape index (κ1) is 19.5. The number of benzene rings is 2. The summed E-state index contributed by atoms with van der Waals surface area (Å²) >= 11 is 0. The van der Waals surface area contributed by atoms with Gasteiger partial charge in [-0.25, -0.2) is 0 Å². The van der Waals surface area contributed by atoms with E-state index in [4.69, 9.17) is 4.74 Å². The summed E-state index contributed by atoms with van der Waals surface area (Å²) in [7, 11) is 1.56. The van der Waals surface area contributed by atoms with Crippen molar-refractivity contribution in [2.45, 2.75) is 26.7 Å². The zero-order valence-corrected chi connectivity index (χ0v) is 15.8. The summed E-state index contributed by atoms with van der Waals surface area (Å²) in [6.45, 7) is 6.56. The molecule has 2 amide bonds. The summed E-state index contributed by atoms with van der Waals surface area (Å²) in [6.07, 6.45) is 0. The molecular weight excluding hydrogens is 328 g/mol. The fourth-order valence-corrected chi connectivity index (χ4v) is 2.66. The monoisotopic (exact) mass is 354 g/mol. The van der Waals surface area contributed by atoms with Gasteiger partial charge >= 0.3 is 0 Å². The minimum Gasteiger partial charge on any atom is -0.497 e. The van der Waals surface area contributed by atoms with Crippen molar-refractivity contribution in [3.05, 3.63) is 59.7 Å². The molecule has 2 rings (SSSR count). The van der Waals surface area contributed by atoms with Gasteiger partial charge in [-0.1, -0.05) is 32.0 Å². The number of rotatable bonds is 7. The Bertz CT molecular complexity index is 754. The van der Waals surface area contributed by atoms with E-state index in [9.17, 15) is 9.59 Å². The van der Waals surface area contributed by atoms with Gasteiger partial charge in [0, 0.05) is 31.3 Å². The highest BCUT2D eigenvalue weighted by Gasteiger charge is 2.13. The van der Waals surface area contributed by atoms with Crippen LogP contribution in [0.25, 0.3) is 0 Å². The van der Waals surface area contributed by atoms with Crippen LogP contribution in [0.4, 0.5) is 5.69 Å². The maximum absolute atomic E-state index is 12.3. The second-order valence-corrected chi connectivity index (χ2v) is 6.40. The van der Waals surface area contributed by atoms with Crippen molar-refractivity contribution in [1.29, 1.82) is 0 Å². The molecule has 2 aromatic rings. The van der Waals surface area contributed by atoms with Crippen LogP contribution in [0.5, 0.6) is 5.75 Å². The first-order valence-corrected chi connectivity index (χ1v) is 8.72. The molecule has 5 nitrogen and oxygen atoms in total. The number of nitrogens with one attached hydrogen (secondary N) is 1. The van der Waals surface area contributed by atoms with Crippen molar-refractivity contribution >= 4 is 17.5 Å². The van der Waals surface area contributed by atoms with Crippen LogP contribution in [0.1, 0.15) is 42.6 Å². The van der Waals surface area contributed by atoms with E-state index in [1.807, 2.05) is 24.3 Å². The number of hydrogen-bond acceptors (Lipinski definition) is 3. The van der Waals surface area contributed by atoms with E-state index in [1.54, 1.807) is 36.3 Å². The number of amides is 2. The first-order valence-electron chi connectivity index (χ1n) is 8.72. The van der Waals surface area contributed by atoms with E-state index < -0.39 is 0 Å². The Hall–Kier alpha value is -2.82. The fourth-order valence-electron chi connectivity index (χ4n) is 2.66. The topological polar surface area (TPSA) is 58.6 Å². The molecule has 0 heterocycles. The van der Waals surface area contributed by atoms with Crippen LogP contribution in [-0.4, -0.2) is 32.0 Å². The van der Waals surface area contributed by atoms with E-state index >= 15 is 0 Å². The van der Waals surface area contributed by atoms with Crippen LogP contribution >= 0.6 is 0 Å². The molecule has 0 unspecified atom stereocenters. The Morgan fingerprint density at radius 2 is 1.81 bits per heavy atom. The number of nitrogens with zero attached hydrogens (tertiary/aromatic N) is 1. The zero-order chi connectivity index (χ0) is 19.1. The number of carbonyl (C=O) groups is 2. The summed E-state index contributed by atoms with van der Waals surface area (Å²) < 4.78 is 5.13. The largest absolute Gasteiger partial charge is 0.497 e. The third-order valence-electron chi connectivity index (χ3n) is 4.20. The quantitative estimate of drug-likeness (QED) is 0.826. The fraction of sp³-hybridized carbons (Fsp3) is 0.333. The summed E-state index contributed by atoms with van der Waals surface area (Å²) in [5.41, 5.74) is 2.58. The van der Waals surface area contributed by atoms with Crippen LogP contribution in [0, 0.1) is 0 Å². The van der Waals surface area contributed by atoms with Crippen molar-refractivity contribution in [1.82, 2.24) is 5.32 Å². The summed E-state index contributed by atoms with van der Waals surface area (Å²) in [5, 5.41) is 2.85. The molecule has 0 aliphatic heterocycles. The summed E-state index contributed by atoms with van der Waals surface area (Å²) in [4.78, 5) is 25.9. The molecule has 2 aromatic carbocycles. The van der Waals surface area contributed by atoms with Gasteiger partial charge in [0.1, 0.15) is 5.75 Å². The molecular formula is C21H26N2O3. The smallest absolute Gasteiger partial charge is 0.251 e. The zero-order valence-electron chi connectivity index (χ0n) is 15.8. The minimum atomic E-state index is -0.192. The summed E-state index contributed by atoms with van der Waals surface area (Å²) in [6, 6.07) is 14.9. The van der Waals surface area contributed by atoms with E-state index in [-0.39, 0.29) is 11.8 Å². The molecule has 0 aromatic heterocycles. The number of anilines is 1. The van der Waals surface area contributed by atoms with Crippen molar-refractivity contribution in [3.63, 3.8) is 0 Å². The van der Waals surface area contributed by atoms with E-state index in [0.717, 1.165) is 5.69 Å². The highest BCUT2D eigenvalue weighted by Crippen LogP contribution is 2.20. The predicted molar refractivity (Wildman–Crippen MR) is 104 cm³/mol. The van der Waals surface area contributed by atoms with Gasteiger partial charge in [-0.15, -0.1) is 0 Å². The number of hydrogen-bond donors (Lipinski definition) is 1. The van der Waals surface area contributed by atoms with E-state index in [0.29, 0.717) is 30.3 Å². The first-order chi connectivity index (χ1) is 12.4. The third-order valence-corrected chi connectivity index (χ3v) is 4.20. The lowest BCUT2D eigenvalue weighted by molar-refractivity contribution is -0.116. The Balaban J connectivity index is 1.98. The second-order valence-electron chi connectivity index (χ2n) is 6.40. The highest BCUT2D eigenvalue weighted by molar-refractivity contribution is 5.95. The lowest BCUT2D eigenvalue weighted by Gasteiger charge is -2.22. The summed E-state index contributed by atoms with van der Waals surface area (Å²) in [5.74, 6) is 0.825. The van der Waals surface area contributed by atoms with Gasteiger partial charge in [-0.2, -0.15) is 0 Å². The molecule has 1 N–H and O–H groups in total. The lowest BCUT2D eigenvalue weighted by atomic mass is 10.0. The predicted octanol–water partition coefficient (Wildman–Crippen LogP) is 3.60. The van der Waals surface area contributed by atoms with Gasteiger partial charge in [-0.05, 0) is 41.8 Å². The minimum absolute atomic E-state index is 0.0575. The van der Waals surface area contributed by atoms with Crippen molar-refractivity contribution in [2.75, 3.05) is 25.1 Å². The Morgan fingerprint density at radius 3 is 2.38 bits per heavy atom. The molecule has 0 saturated carbocycles. The molecule has 0 spiro atoms. The van der Waals surface area contributed by atoms with Gasteiger partial charge in [0.05, 0.1) is 7.11 Å². The number of carbonyl (C=O) groups excluding carboxylic acids is 2. The standard InChI is InChI=1S/C21H26N2O3/c1-15(2)17-8-10-19(11-9-17)23(16(3)24)13-12-22-21(25)18-6-5-7-20(14-18)26-4/h5-11,14-15H,12-13H2,1-4H3,(H,22,25). The molecule has 138 valence electrons. The van der Waals surface area contributed by atoms with Crippen LogP contribution in [0.3, 0.4) is 0 Å². The van der Waals surface area contributed by atoms with Gasteiger partial charge < -0.3 is 15.0 Å². The van der Waals surface area contributed by atoms with Gasteiger partial charge in [0.25, 0.3) is 5.91 Å². The molecule has 0 saturated heterocycles. The van der Waals surface area contributed by atoms with Crippen molar-refractivity contribution in [2.24, 2.45) is 0 Å². The van der Waals surface area contributed by atoms with Crippen LogP contribution in [0.15, 0.2) is 48.5 Å². The van der Waals surface area contributed by atoms with Crippen LogP contribution in [-0.2, 0) is 4.79 Å². The Kier molecular flexibility index (Phi) is 6.78. The molecule has 5 heteroatoms. The maximum Gasteiger partial charge on any atom is 0.251 e. The molecule has 0 atom stereocenters. The van der Waals surface area contributed by atoms with Crippen molar-refractivity contribution in [3.8, 4) is 5.75 Å². The third kappa shape index (κ3) is 5.09. The molecule has 0 radical (unpaired) electrons. The molecule has 0 aliphatic carbocycles. The van der Waals surface area contributed by atoms with E-state index in [2.05, 4.69) is 19.2 Å². The van der Waals surface area contributed by atoms with Crippen LogP contribution < -0.4 is 15.0 Å². The number of ether oxygens (including phenoxy) is 1. The van der Waals surface area contributed by atoms with Crippen molar-refractivity contribution < 1.29 is 14.3 Å². The molecule has 0 bridgehead atoms. The van der Waals surface area contributed by atoms with Gasteiger partial charge in [-0.3, -0.25) is 9.59 Å². The molecule has 0 fully saturated rings. The normalized spacial score (nSPS) is 10.5. The molecule has 26 heavy (non-hydrogen) atoms. The average molecular weight is 354 g/mol. The van der Waals surface area contributed by atoms with Gasteiger partial charge in [0.15, 0.2) is 0 Å². The lowest BCUT2D eigenvalue weighted by Crippen LogP contribution is -2.37. The number of methoxy groups -OCH3 is 1. The van der Waals surface area contributed by atoms with Crippen LogP contribution in [0.2, 0.25) is 0 Å². The highest BCUT2D eigenvalue weighted by atomic mass is 16.5. The Morgan fingerprint density at radius 1 is 1.12 bits per heavy atom. The molecule has 0 aliphatic rings.